The fourth-order valence-electron chi connectivity index (χ4n) is 4.57. The van der Waals surface area contributed by atoms with E-state index >= 15 is 0 Å². The minimum atomic E-state index is -0.133. The number of nitrogens with zero attached hydrogens (tertiary/aromatic N) is 3. The number of pyridine rings is 1. The van der Waals surface area contributed by atoms with Gasteiger partial charge < -0.3 is 29.0 Å². The van der Waals surface area contributed by atoms with Crippen LogP contribution in [0.3, 0.4) is 0 Å². The molecule has 1 fully saturated rings. The number of ether oxygens (including phenoxy) is 3. The Balaban J connectivity index is 1.89. The smallest absolute Gasteiger partial charge is 0.174 e. The zero-order valence-corrected chi connectivity index (χ0v) is 20.5. The van der Waals surface area contributed by atoms with E-state index in [0.29, 0.717) is 11.7 Å². The molecule has 1 aliphatic rings. The number of rotatable bonds is 8. The van der Waals surface area contributed by atoms with Crippen LogP contribution in [0.15, 0.2) is 48.7 Å². The van der Waals surface area contributed by atoms with E-state index in [-0.39, 0.29) is 12.1 Å². The first kappa shape index (κ1) is 23.1. The molecule has 0 bridgehead atoms. The molecule has 1 aliphatic heterocycles. The number of benzene rings is 1. The molecule has 3 aromatic rings. The van der Waals surface area contributed by atoms with Crippen LogP contribution in [0, 0.1) is 13.8 Å². The van der Waals surface area contributed by atoms with E-state index in [1.807, 2.05) is 42.6 Å². The molecule has 2 aromatic heterocycles. The van der Waals surface area contributed by atoms with Crippen molar-refractivity contribution in [2.24, 2.45) is 0 Å². The van der Waals surface area contributed by atoms with Gasteiger partial charge in [0.25, 0.3) is 0 Å². The fourth-order valence-corrected chi connectivity index (χ4v) is 4.91. The SMILES string of the molecule is COCCn1c(C)cc([C@H]2[C@H](c3ccccn3)NC(=S)N2c2cc(OC)ccc2OC)c1C. The Morgan fingerprint density at radius 1 is 1.06 bits per heavy atom. The zero-order chi connectivity index (χ0) is 23.5. The normalized spacial score (nSPS) is 17.8. The van der Waals surface area contributed by atoms with Crippen molar-refractivity contribution in [3.63, 3.8) is 0 Å². The molecule has 0 spiro atoms. The Bertz CT molecular complexity index is 1130. The van der Waals surface area contributed by atoms with E-state index in [1.165, 1.54) is 17.0 Å². The molecule has 1 N–H and O–H groups in total. The molecule has 1 saturated heterocycles. The molecular weight excluding hydrogens is 436 g/mol. The molecule has 0 aliphatic carbocycles. The van der Waals surface area contributed by atoms with Gasteiger partial charge in [-0.05, 0) is 62.0 Å². The maximum Gasteiger partial charge on any atom is 0.174 e. The summed E-state index contributed by atoms with van der Waals surface area (Å²) in [5.74, 6) is 1.46. The van der Waals surface area contributed by atoms with E-state index in [4.69, 9.17) is 26.4 Å². The predicted octanol–water partition coefficient (Wildman–Crippen LogP) is 4.34. The monoisotopic (exact) mass is 466 g/mol. The Morgan fingerprint density at radius 3 is 2.55 bits per heavy atom. The molecule has 0 radical (unpaired) electrons. The van der Waals surface area contributed by atoms with Crippen molar-refractivity contribution in [1.29, 1.82) is 0 Å². The van der Waals surface area contributed by atoms with Gasteiger partial charge in [0.2, 0.25) is 0 Å². The molecule has 0 unspecified atom stereocenters. The second kappa shape index (κ2) is 9.80. The van der Waals surface area contributed by atoms with Gasteiger partial charge in [-0.3, -0.25) is 4.98 Å². The number of hydrogen-bond donors (Lipinski definition) is 1. The summed E-state index contributed by atoms with van der Waals surface area (Å²) in [7, 11) is 5.05. The van der Waals surface area contributed by atoms with Crippen LogP contribution in [0.4, 0.5) is 5.69 Å². The second-order valence-corrected chi connectivity index (χ2v) is 8.39. The summed E-state index contributed by atoms with van der Waals surface area (Å²) in [4.78, 5) is 6.78. The van der Waals surface area contributed by atoms with Crippen molar-refractivity contribution in [3.8, 4) is 11.5 Å². The molecule has 8 heteroatoms. The molecule has 0 saturated carbocycles. The summed E-state index contributed by atoms with van der Waals surface area (Å²) in [6.45, 7) is 5.71. The first-order valence-electron chi connectivity index (χ1n) is 10.9. The van der Waals surface area contributed by atoms with Crippen LogP contribution in [0.25, 0.3) is 0 Å². The molecule has 4 rings (SSSR count). The standard InChI is InChI=1S/C25H30N4O3S/c1-16-14-19(17(2)28(16)12-13-30-3)24-23(20-8-6-7-11-26-20)27-25(33)29(24)21-15-18(31-4)9-10-22(21)32-5/h6-11,14-15,23-24H,12-13H2,1-5H3,(H,27,33)/t23-,24-/m0/s1. The lowest BCUT2D eigenvalue weighted by atomic mass is 9.96. The molecule has 7 nitrogen and oxygen atoms in total. The van der Waals surface area contributed by atoms with Crippen molar-refractivity contribution < 1.29 is 14.2 Å². The van der Waals surface area contributed by atoms with Gasteiger partial charge in [0.05, 0.1) is 44.3 Å². The highest BCUT2D eigenvalue weighted by atomic mass is 32.1. The van der Waals surface area contributed by atoms with Crippen molar-refractivity contribution >= 4 is 23.0 Å². The van der Waals surface area contributed by atoms with Crippen molar-refractivity contribution in [1.82, 2.24) is 14.9 Å². The average molecular weight is 467 g/mol. The topological polar surface area (TPSA) is 60.8 Å². The van der Waals surface area contributed by atoms with Crippen LogP contribution in [-0.4, -0.2) is 42.6 Å². The summed E-state index contributed by atoms with van der Waals surface area (Å²) in [6.07, 6.45) is 1.81. The summed E-state index contributed by atoms with van der Waals surface area (Å²) in [5, 5.41) is 4.13. The van der Waals surface area contributed by atoms with Crippen LogP contribution >= 0.6 is 12.2 Å². The highest BCUT2D eigenvalue weighted by Crippen LogP contribution is 2.46. The number of aromatic nitrogens is 2. The van der Waals surface area contributed by atoms with Crippen LogP contribution in [0.5, 0.6) is 11.5 Å². The van der Waals surface area contributed by atoms with Crippen molar-refractivity contribution in [2.75, 3.05) is 32.8 Å². The van der Waals surface area contributed by atoms with Gasteiger partial charge >= 0.3 is 0 Å². The van der Waals surface area contributed by atoms with Crippen molar-refractivity contribution in [2.45, 2.75) is 32.5 Å². The number of aryl methyl sites for hydroxylation is 1. The summed E-state index contributed by atoms with van der Waals surface area (Å²) >= 11 is 5.88. The summed E-state index contributed by atoms with van der Waals surface area (Å²) < 4.78 is 18.9. The number of hydrogen-bond acceptors (Lipinski definition) is 5. The average Bonchev–Trinajstić information content (AvgIpc) is 3.32. The van der Waals surface area contributed by atoms with Gasteiger partial charge in [0.15, 0.2) is 5.11 Å². The third-order valence-electron chi connectivity index (χ3n) is 6.19. The van der Waals surface area contributed by atoms with Gasteiger partial charge in [-0.15, -0.1) is 0 Å². The Labute approximate surface area is 200 Å². The highest BCUT2D eigenvalue weighted by molar-refractivity contribution is 7.80. The molecule has 174 valence electrons. The van der Waals surface area contributed by atoms with Crippen molar-refractivity contribution in [3.05, 3.63) is 71.3 Å². The second-order valence-electron chi connectivity index (χ2n) is 8.01. The largest absolute Gasteiger partial charge is 0.497 e. The van der Waals surface area contributed by atoms with Gasteiger partial charge in [-0.25, -0.2) is 0 Å². The Kier molecular flexibility index (Phi) is 6.85. The lowest BCUT2D eigenvalue weighted by molar-refractivity contribution is 0.186. The maximum absolute atomic E-state index is 5.88. The number of thiocarbonyl (C=S) groups is 1. The van der Waals surface area contributed by atoms with Crippen LogP contribution in [0.1, 0.15) is 34.7 Å². The molecule has 3 heterocycles. The molecular formula is C25H30N4O3S. The Morgan fingerprint density at radius 2 is 1.88 bits per heavy atom. The highest BCUT2D eigenvalue weighted by Gasteiger charge is 2.43. The van der Waals surface area contributed by atoms with Gasteiger partial charge in [-0.2, -0.15) is 0 Å². The van der Waals surface area contributed by atoms with Crippen LogP contribution in [-0.2, 0) is 11.3 Å². The van der Waals surface area contributed by atoms with E-state index in [9.17, 15) is 0 Å². The molecule has 2 atom stereocenters. The Hall–Kier alpha value is -3.10. The summed E-state index contributed by atoms with van der Waals surface area (Å²) in [5.41, 5.74) is 5.30. The lowest BCUT2D eigenvalue weighted by Gasteiger charge is -2.29. The first-order valence-corrected chi connectivity index (χ1v) is 11.3. The molecule has 33 heavy (non-hydrogen) atoms. The minimum Gasteiger partial charge on any atom is -0.497 e. The van der Waals surface area contributed by atoms with Gasteiger partial charge in [-0.1, -0.05) is 6.07 Å². The van der Waals surface area contributed by atoms with Crippen LogP contribution in [0.2, 0.25) is 0 Å². The molecule has 0 amide bonds. The van der Waals surface area contributed by atoms with E-state index < -0.39 is 0 Å². The first-order chi connectivity index (χ1) is 16.0. The maximum atomic E-state index is 5.88. The third kappa shape index (κ3) is 4.28. The lowest BCUT2D eigenvalue weighted by Crippen LogP contribution is -2.30. The van der Waals surface area contributed by atoms with Gasteiger partial charge in [0, 0.05) is 37.3 Å². The van der Waals surface area contributed by atoms with Gasteiger partial charge in [0.1, 0.15) is 11.5 Å². The zero-order valence-electron chi connectivity index (χ0n) is 19.7. The summed E-state index contributed by atoms with van der Waals surface area (Å²) in [6, 6.07) is 13.7. The van der Waals surface area contributed by atoms with E-state index in [2.05, 4.69) is 39.7 Å². The fraction of sp³-hybridized carbons (Fsp3) is 0.360. The number of nitrogens with one attached hydrogen (secondary N) is 1. The van der Waals surface area contributed by atoms with Crippen LogP contribution < -0.4 is 19.7 Å². The molecule has 1 aromatic carbocycles. The number of anilines is 1. The van der Waals surface area contributed by atoms with E-state index in [0.717, 1.165) is 29.4 Å². The number of methoxy groups -OCH3 is 3. The predicted molar refractivity (Wildman–Crippen MR) is 133 cm³/mol. The minimum absolute atomic E-state index is 0.129. The third-order valence-corrected chi connectivity index (χ3v) is 6.51. The quantitative estimate of drug-likeness (QED) is 0.496. The van der Waals surface area contributed by atoms with E-state index in [1.54, 1.807) is 21.3 Å².